The molecule has 0 saturated heterocycles. The number of nitrogens with one attached hydrogen (secondary N) is 1. The quantitative estimate of drug-likeness (QED) is 0.829. The Balaban J connectivity index is 1.79. The van der Waals surface area contributed by atoms with Crippen LogP contribution in [0.2, 0.25) is 5.02 Å². The first-order valence-electron chi connectivity index (χ1n) is 6.57. The molecule has 1 amide bonds. The van der Waals surface area contributed by atoms with Crippen LogP contribution in [-0.2, 0) is 6.42 Å². The summed E-state index contributed by atoms with van der Waals surface area (Å²) in [5.74, 6) is -0.101. The summed E-state index contributed by atoms with van der Waals surface area (Å²) in [4.78, 5) is 13.7. The molecule has 3 N–H and O–H groups in total. The van der Waals surface area contributed by atoms with E-state index in [0.717, 1.165) is 19.3 Å². The molecule has 1 unspecified atom stereocenters. The van der Waals surface area contributed by atoms with E-state index in [-0.39, 0.29) is 11.9 Å². The molecule has 3 nitrogen and oxygen atoms in total. The molecule has 1 aromatic carbocycles. The Morgan fingerprint density at radius 3 is 3.05 bits per heavy atom. The molecule has 2 aromatic rings. The van der Waals surface area contributed by atoms with Crippen LogP contribution in [-0.4, -0.2) is 5.91 Å². The first-order chi connectivity index (χ1) is 9.65. The molecule has 3 rings (SSSR count). The van der Waals surface area contributed by atoms with Gasteiger partial charge in [0, 0.05) is 10.4 Å². The van der Waals surface area contributed by atoms with Gasteiger partial charge in [0.2, 0.25) is 0 Å². The van der Waals surface area contributed by atoms with Crippen LogP contribution in [0, 0.1) is 0 Å². The maximum Gasteiger partial charge on any atom is 0.251 e. The summed E-state index contributed by atoms with van der Waals surface area (Å²) < 4.78 is 0. The predicted molar refractivity (Wildman–Crippen MR) is 83.3 cm³/mol. The van der Waals surface area contributed by atoms with E-state index in [1.807, 2.05) is 0 Å². The van der Waals surface area contributed by atoms with Crippen molar-refractivity contribution in [3.8, 4) is 0 Å². The van der Waals surface area contributed by atoms with Crippen molar-refractivity contribution in [2.45, 2.75) is 25.3 Å². The Morgan fingerprint density at radius 1 is 1.40 bits per heavy atom. The van der Waals surface area contributed by atoms with Crippen LogP contribution in [0.1, 0.15) is 39.7 Å². The number of fused-ring (bicyclic) bond motifs is 1. The topological polar surface area (TPSA) is 55.1 Å². The van der Waals surface area contributed by atoms with Gasteiger partial charge in [0.15, 0.2) is 0 Å². The second kappa shape index (κ2) is 5.46. The number of rotatable bonds is 2. The lowest BCUT2D eigenvalue weighted by Gasteiger charge is -2.23. The lowest BCUT2D eigenvalue weighted by molar-refractivity contribution is 0.0933. The number of benzene rings is 1. The van der Waals surface area contributed by atoms with E-state index in [1.165, 1.54) is 10.4 Å². The summed E-state index contributed by atoms with van der Waals surface area (Å²) in [5.41, 5.74) is 7.96. The number of aryl methyl sites for hydroxylation is 1. The number of anilines is 1. The van der Waals surface area contributed by atoms with E-state index in [0.29, 0.717) is 16.3 Å². The minimum absolute atomic E-state index is 0.101. The van der Waals surface area contributed by atoms with Crippen LogP contribution < -0.4 is 11.1 Å². The van der Waals surface area contributed by atoms with Gasteiger partial charge in [-0.3, -0.25) is 4.79 Å². The van der Waals surface area contributed by atoms with Crippen molar-refractivity contribution >= 4 is 34.5 Å². The summed E-state index contributed by atoms with van der Waals surface area (Å²) in [6.07, 6.45) is 3.21. The summed E-state index contributed by atoms with van der Waals surface area (Å²) in [6.45, 7) is 0. The summed E-state index contributed by atoms with van der Waals surface area (Å²) in [6, 6.07) is 7.19. The molecule has 0 saturated carbocycles. The van der Waals surface area contributed by atoms with Crippen LogP contribution in [0.3, 0.4) is 0 Å². The van der Waals surface area contributed by atoms with Crippen molar-refractivity contribution in [3.63, 3.8) is 0 Å². The van der Waals surface area contributed by atoms with Gasteiger partial charge in [-0.2, -0.15) is 0 Å². The third-order valence-electron chi connectivity index (χ3n) is 3.62. The zero-order chi connectivity index (χ0) is 14.1. The Hall–Kier alpha value is -1.52. The average Bonchev–Trinajstić information content (AvgIpc) is 2.91. The smallest absolute Gasteiger partial charge is 0.251 e. The average molecular weight is 307 g/mol. The zero-order valence-electron chi connectivity index (χ0n) is 10.9. The highest BCUT2D eigenvalue weighted by atomic mass is 35.5. The molecule has 0 bridgehead atoms. The largest absolute Gasteiger partial charge is 0.398 e. The Morgan fingerprint density at radius 2 is 2.25 bits per heavy atom. The van der Waals surface area contributed by atoms with Gasteiger partial charge >= 0.3 is 0 Å². The minimum atomic E-state index is -0.101. The molecule has 0 aliphatic heterocycles. The lowest BCUT2D eigenvalue weighted by atomic mass is 9.94. The standard InChI is InChI=1S/C15H15ClN2OS/c16-11-8-9(4-5-12(11)17)15(19)18-13-2-1-3-14-10(13)6-7-20-14/h4-8,13H,1-3,17H2,(H,18,19). The summed E-state index contributed by atoms with van der Waals surface area (Å²) in [5, 5.41) is 5.60. The van der Waals surface area contributed by atoms with E-state index in [2.05, 4.69) is 16.8 Å². The van der Waals surface area contributed by atoms with Gasteiger partial charge in [-0.25, -0.2) is 0 Å². The number of amides is 1. The fourth-order valence-corrected chi connectivity index (χ4v) is 3.71. The molecule has 1 atom stereocenters. The maximum absolute atomic E-state index is 12.3. The fourth-order valence-electron chi connectivity index (χ4n) is 2.55. The van der Waals surface area contributed by atoms with Gasteiger partial charge < -0.3 is 11.1 Å². The number of hydrogen-bond acceptors (Lipinski definition) is 3. The van der Waals surface area contributed by atoms with Gasteiger partial charge in [0.1, 0.15) is 0 Å². The van der Waals surface area contributed by atoms with E-state index in [4.69, 9.17) is 17.3 Å². The molecule has 104 valence electrons. The third-order valence-corrected chi connectivity index (χ3v) is 4.94. The number of thiophene rings is 1. The molecule has 1 heterocycles. The maximum atomic E-state index is 12.3. The first-order valence-corrected chi connectivity index (χ1v) is 7.83. The highest BCUT2D eigenvalue weighted by molar-refractivity contribution is 7.10. The molecule has 0 radical (unpaired) electrons. The Labute approximate surface area is 126 Å². The summed E-state index contributed by atoms with van der Waals surface area (Å²) >= 11 is 7.73. The number of halogens is 1. The van der Waals surface area contributed by atoms with Crippen LogP contribution in [0.4, 0.5) is 5.69 Å². The number of hydrogen-bond donors (Lipinski definition) is 2. The number of carbonyl (C=O) groups excluding carboxylic acids is 1. The van der Waals surface area contributed by atoms with Crippen molar-refractivity contribution in [1.82, 2.24) is 5.32 Å². The fraction of sp³-hybridized carbons (Fsp3) is 0.267. The number of nitrogen functional groups attached to an aromatic ring is 1. The van der Waals surface area contributed by atoms with Crippen molar-refractivity contribution in [2.24, 2.45) is 0 Å². The second-order valence-corrected chi connectivity index (χ2v) is 6.36. The van der Waals surface area contributed by atoms with Crippen LogP contribution in [0.15, 0.2) is 29.6 Å². The molecule has 1 aromatic heterocycles. The lowest BCUT2D eigenvalue weighted by Crippen LogP contribution is -2.30. The van der Waals surface area contributed by atoms with Crippen LogP contribution >= 0.6 is 22.9 Å². The zero-order valence-corrected chi connectivity index (χ0v) is 12.4. The molecular formula is C15H15ClN2OS. The van der Waals surface area contributed by atoms with Gasteiger partial charge in [0.05, 0.1) is 16.8 Å². The van der Waals surface area contributed by atoms with Gasteiger partial charge in [-0.15, -0.1) is 11.3 Å². The summed E-state index contributed by atoms with van der Waals surface area (Å²) in [7, 11) is 0. The van der Waals surface area contributed by atoms with Crippen LogP contribution in [0.25, 0.3) is 0 Å². The third kappa shape index (κ3) is 2.53. The second-order valence-electron chi connectivity index (χ2n) is 4.95. The van der Waals surface area contributed by atoms with E-state index >= 15 is 0 Å². The number of carbonyl (C=O) groups is 1. The minimum Gasteiger partial charge on any atom is -0.398 e. The predicted octanol–water partition coefficient (Wildman–Crippen LogP) is 3.79. The molecule has 0 spiro atoms. The molecular weight excluding hydrogens is 292 g/mol. The molecule has 0 fully saturated rings. The molecule has 1 aliphatic rings. The van der Waals surface area contributed by atoms with Gasteiger partial charge in [-0.05, 0) is 54.5 Å². The van der Waals surface area contributed by atoms with Gasteiger partial charge in [-0.1, -0.05) is 11.6 Å². The van der Waals surface area contributed by atoms with E-state index in [9.17, 15) is 4.79 Å². The van der Waals surface area contributed by atoms with Gasteiger partial charge in [0.25, 0.3) is 5.91 Å². The van der Waals surface area contributed by atoms with Crippen molar-refractivity contribution in [3.05, 3.63) is 50.7 Å². The van der Waals surface area contributed by atoms with Crippen LogP contribution in [0.5, 0.6) is 0 Å². The molecule has 5 heteroatoms. The first kappa shape index (κ1) is 13.5. The van der Waals surface area contributed by atoms with Crippen molar-refractivity contribution in [2.75, 3.05) is 5.73 Å². The normalized spacial score (nSPS) is 17.6. The van der Waals surface area contributed by atoms with Crippen molar-refractivity contribution < 1.29 is 4.79 Å². The molecule has 20 heavy (non-hydrogen) atoms. The van der Waals surface area contributed by atoms with E-state index in [1.54, 1.807) is 29.5 Å². The Bertz CT molecular complexity index is 653. The Kier molecular flexibility index (Phi) is 3.68. The van der Waals surface area contributed by atoms with Crippen molar-refractivity contribution in [1.29, 1.82) is 0 Å². The SMILES string of the molecule is Nc1ccc(C(=O)NC2CCCc3sccc32)cc1Cl. The highest BCUT2D eigenvalue weighted by Gasteiger charge is 2.23. The van der Waals surface area contributed by atoms with E-state index < -0.39 is 0 Å². The monoisotopic (exact) mass is 306 g/mol. The highest BCUT2D eigenvalue weighted by Crippen LogP contribution is 2.33. The number of nitrogens with two attached hydrogens (primary N) is 1. The molecule has 1 aliphatic carbocycles.